The van der Waals surface area contributed by atoms with Crippen LogP contribution in [-0.4, -0.2) is 33.5 Å². The number of halogens is 3. The fourth-order valence-electron chi connectivity index (χ4n) is 3.92. The minimum atomic E-state index is -4.64. The first-order valence-electron chi connectivity index (χ1n) is 10.7. The second-order valence-corrected chi connectivity index (χ2v) is 9.07. The molecule has 2 heterocycles. The molecular weight excluding hydrogens is 417 g/mol. The predicted octanol–water partition coefficient (Wildman–Crippen LogP) is 5.74. The number of imidazole rings is 1. The summed E-state index contributed by atoms with van der Waals surface area (Å²) in [5.41, 5.74) is 7.01. The molecule has 0 radical (unpaired) electrons. The van der Waals surface area contributed by atoms with Crippen LogP contribution in [0.3, 0.4) is 0 Å². The normalized spacial score (nSPS) is 16.4. The van der Waals surface area contributed by atoms with E-state index in [0.29, 0.717) is 11.5 Å². The molecule has 8 heteroatoms. The maximum Gasteiger partial charge on any atom is 0.446 e. The monoisotopic (exact) mass is 446 g/mol. The van der Waals surface area contributed by atoms with Crippen LogP contribution in [0.1, 0.15) is 50.8 Å². The predicted molar refractivity (Wildman–Crippen MR) is 119 cm³/mol. The van der Waals surface area contributed by atoms with Crippen LogP contribution >= 0.6 is 0 Å². The summed E-state index contributed by atoms with van der Waals surface area (Å²) < 4.78 is 31.2. The smallest absolute Gasteiger partial charge is 0.343 e. The number of fused-ring (bicyclic) bond motifs is 1. The quantitative estimate of drug-likeness (QED) is 0.502. The lowest BCUT2D eigenvalue weighted by Gasteiger charge is -2.34. The number of hydrogen-bond donors (Lipinski definition) is 2. The Morgan fingerprint density at radius 2 is 1.81 bits per heavy atom. The molecule has 172 valence electrons. The fraction of sp³-hybridized carbons (Fsp3) is 0.458. The number of rotatable bonds is 4. The van der Waals surface area contributed by atoms with Gasteiger partial charge in [-0.15, -0.1) is 0 Å². The molecule has 0 atom stereocenters. The zero-order chi connectivity index (χ0) is 23.4. The summed E-state index contributed by atoms with van der Waals surface area (Å²) >= 11 is 0. The highest BCUT2D eigenvalue weighted by atomic mass is 19.4. The Labute approximate surface area is 185 Å². The summed E-state index contributed by atoms with van der Waals surface area (Å²) in [7, 11) is 0. The molecule has 0 amide bonds. The first kappa shape index (κ1) is 23.9. The Hall–Kier alpha value is -2.74. The Kier molecular flexibility index (Phi) is 7.33. The molecule has 32 heavy (non-hydrogen) atoms. The van der Waals surface area contributed by atoms with Gasteiger partial charge in [0, 0.05) is 23.8 Å². The van der Waals surface area contributed by atoms with E-state index in [2.05, 4.69) is 64.4 Å². The lowest BCUT2D eigenvalue weighted by atomic mass is 9.75. The molecule has 0 saturated heterocycles. The van der Waals surface area contributed by atoms with E-state index in [1.54, 1.807) is 6.33 Å². The van der Waals surface area contributed by atoms with Gasteiger partial charge in [-0.05, 0) is 55.2 Å². The second-order valence-electron chi connectivity index (χ2n) is 9.07. The van der Waals surface area contributed by atoms with E-state index in [-0.39, 0.29) is 0 Å². The number of nitrogens with zero attached hydrogens (tertiary/aromatic N) is 2. The van der Waals surface area contributed by atoms with E-state index >= 15 is 0 Å². The summed E-state index contributed by atoms with van der Waals surface area (Å²) in [6.07, 6.45) is 1.23. The number of carbonyl (C=O) groups excluding carboxylic acids is 1. The number of H-pyrrole nitrogens is 1. The Morgan fingerprint density at radius 1 is 1.19 bits per heavy atom. The summed E-state index contributed by atoms with van der Waals surface area (Å²) in [6, 6.07) is 11.7. The number of aromatic amines is 1. The maximum absolute atomic E-state index is 10.4. The van der Waals surface area contributed by atoms with Crippen molar-refractivity contribution in [2.45, 2.75) is 65.2 Å². The number of carbonyl (C=O) groups is 1. The fourth-order valence-corrected chi connectivity index (χ4v) is 3.92. The van der Waals surface area contributed by atoms with Crippen LogP contribution in [0.25, 0.3) is 22.3 Å². The van der Waals surface area contributed by atoms with Crippen molar-refractivity contribution in [3.63, 3.8) is 0 Å². The molecule has 0 bridgehead atoms. The largest absolute Gasteiger partial charge is 0.446 e. The molecule has 2 aromatic heterocycles. The molecule has 4 rings (SSSR count). The number of nitrogens with one attached hydrogen (secondary N) is 2. The summed E-state index contributed by atoms with van der Waals surface area (Å²) in [4.78, 5) is 20.7. The third-order valence-corrected chi connectivity index (χ3v) is 5.93. The highest BCUT2D eigenvalue weighted by molar-refractivity contribution is 5.79. The average molecular weight is 447 g/mol. The van der Waals surface area contributed by atoms with Gasteiger partial charge in [-0.25, -0.2) is 9.97 Å². The third-order valence-electron chi connectivity index (χ3n) is 5.93. The van der Waals surface area contributed by atoms with E-state index in [0.717, 1.165) is 29.0 Å². The summed E-state index contributed by atoms with van der Waals surface area (Å²) in [5.74, 6) is 0. The third kappa shape index (κ3) is 6.63. The highest BCUT2D eigenvalue weighted by Gasteiger charge is 2.26. The van der Waals surface area contributed by atoms with Crippen molar-refractivity contribution < 1.29 is 18.0 Å². The molecule has 1 aliphatic rings. The van der Waals surface area contributed by atoms with E-state index < -0.39 is 12.5 Å². The topological polar surface area (TPSA) is 70.7 Å². The highest BCUT2D eigenvalue weighted by Crippen LogP contribution is 2.35. The van der Waals surface area contributed by atoms with Crippen LogP contribution in [0.4, 0.5) is 13.2 Å². The molecule has 0 spiro atoms. The Balaban J connectivity index is 0.000000427. The van der Waals surface area contributed by atoms with Gasteiger partial charge in [0.1, 0.15) is 0 Å². The standard InChI is InChI=1S/C22H28N4.C2HF3O/c1-15-19(12-20-21(26-15)25-14-24-20)17-6-4-16(5-7-17)13-23-18-8-10-22(2,3)11-9-18;3-2(4,5)1-6/h4-7,12,14,18,23H,8-11,13H2,1-3H3,(H,24,25,26);1H. The van der Waals surface area contributed by atoms with Crippen LogP contribution in [0, 0.1) is 12.3 Å². The van der Waals surface area contributed by atoms with Gasteiger partial charge in [-0.2, -0.15) is 13.2 Å². The van der Waals surface area contributed by atoms with E-state index in [1.807, 2.05) is 6.92 Å². The van der Waals surface area contributed by atoms with Gasteiger partial charge in [0.25, 0.3) is 0 Å². The van der Waals surface area contributed by atoms with Crippen molar-refractivity contribution in [1.82, 2.24) is 20.3 Å². The molecule has 1 aromatic carbocycles. The molecule has 3 aromatic rings. The lowest BCUT2D eigenvalue weighted by Crippen LogP contribution is -2.35. The molecule has 5 nitrogen and oxygen atoms in total. The van der Waals surface area contributed by atoms with Crippen molar-refractivity contribution in [2.75, 3.05) is 0 Å². The lowest BCUT2D eigenvalue weighted by molar-refractivity contribution is -0.156. The van der Waals surface area contributed by atoms with Crippen LogP contribution in [-0.2, 0) is 11.3 Å². The van der Waals surface area contributed by atoms with Gasteiger partial charge >= 0.3 is 6.18 Å². The average Bonchev–Trinajstić information content (AvgIpc) is 3.20. The minimum Gasteiger partial charge on any atom is -0.343 e. The molecular formula is C24H29F3N4O. The van der Waals surface area contributed by atoms with Gasteiger partial charge in [0.15, 0.2) is 5.65 Å². The summed E-state index contributed by atoms with van der Waals surface area (Å²) in [6.45, 7) is 7.77. The Bertz CT molecular complexity index is 1030. The number of benzene rings is 1. The number of aromatic nitrogens is 3. The van der Waals surface area contributed by atoms with Crippen molar-refractivity contribution in [3.05, 3.63) is 47.9 Å². The van der Waals surface area contributed by atoms with Gasteiger partial charge in [0.2, 0.25) is 6.29 Å². The zero-order valence-electron chi connectivity index (χ0n) is 18.6. The van der Waals surface area contributed by atoms with Crippen LogP contribution in [0.5, 0.6) is 0 Å². The zero-order valence-corrected chi connectivity index (χ0v) is 18.6. The Morgan fingerprint density at radius 3 is 2.41 bits per heavy atom. The van der Waals surface area contributed by atoms with Crippen molar-refractivity contribution in [2.24, 2.45) is 5.41 Å². The SMILES string of the molecule is Cc1nc2nc[nH]c2cc1-c1ccc(CNC2CCC(C)(C)CC2)cc1.O=CC(F)(F)F. The molecule has 0 aliphatic heterocycles. The molecule has 2 N–H and O–H groups in total. The number of pyridine rings is 1. The van der Waals surface area contributed by atoms with E-state index in [1.165, 1.54) is 36.8 Å². The molecule has 0 unspecified atom stereocenters. The van der Waals surface area contributed by atoms with Gasteiger partial charge in [0.05, 0.1) is 11.8 Å². The van der Waals surface area contributed by atoms with E-state index in [9.17, 15) is 13.2 Å². The van der Waals surface area contributed by atoms with Crippen molar-refractivity contribution in [3.8, 4) is 11.1 Å². The number of alkyl halides is 3. The first-order chi connectivity index (χ1) is 15.1. The van der Waals surface area contributed by atoms with Crippen LogP contribution < -0.4 is 5.32 Å². The molecule has 1 fully saturated rings. The second kappa shape index (κ2) is 9.81. The number of aryl methyl sites for hydroxylation is 1. The summed E-state index contributed by atoms with van der Waals surface area (Å²) in [5, 5.41) is 3.74. The van der Waals surface area contributed by atoms with Crippen LogP contribution in [0.2, 0.25) is 0 Å². The van der Waals surface area contributed by atoms with Crippen molar-refractivity contribution >= 4 is 17.5 Å². The van der Waals surface area contributed by atoms with Gasteiger partial charge < -0.3 is 10.3 Å². The number of hydrogen-bond acceptors (Lipinski definition) is 4. The maximum atomic E-state index is 10.4. The molecule has 1 saturated carbocycles. The number of aldehydes is 1. The molecule has 1 aliphatic carbocycles. The van der Waals surface area contributed by atoms with Gasteiger partial charge in [-0.3, -0.25) is 4.79 Å². The van der Waals surface area contributed by atoms with Crippen LogP contribution in [0.15, 0.2) is 36.7 Å². The first-order valence-corrected chi connectivity index (χ1v) is 10.7. The van der Waals surface area contributed by atoms with Crippen molar-refractivity contribution in [1.29, 1.82) is 0 Å². The minimum absolute atomic E-state index is 0.529. The van der Waals surface area contributed by atoms with E-state index in [4.69, 9.17) is 4.79 Å². The van der Waals surface area contributed by atoms with Gasteiger partial charge in [-0.1, -0.05) is 38.1 Å².